The number of rotatable bonds is 1. The van der Waals surface area contributed by atoms with E-state index >= 15 is 0 Å². The van der Waals surface area contributed by atoms with Gasteiger partial charge in [-0.25, -0.2) is 0 Å². The van der Waals surface area contributed by atoms with Crippen molar-refractivity contribution in [3.63, 3.8) is 0 Å². The molecular formula is C7H10N2O. The Kier molecular flexibility index (Phi) is 1.76. The van der Waals surface area contributed by atoms with Crippen molar-refractivity contribution in [1.82, 2.24) is 4.98 Å². The number of pyridine rings is 1. The van der Waals surface area contributed by atoms with E-state index in [2.05, 4.69) is 10.3 Å². The monoisotopic (exact) mass is 138 g/mol. The first-order valence-corrected chi connectivity index (χ1v) is 3.11. The zero-order chi connectivity index (χ0) is 7.56. The van der Waals surface area contributed by atoms with E-state index in [0.717, 1.165) is 11.4 Å². The second-order valence-corrected chi connectivity index (χ2v) is 2.11. The molecule has 0 unspecified atom stereocenters. The molecule has 0 atom stereocenters. The Hall–Kier alpha value is -1.25. The second-order valence-electron chi connectivity index (χ2n) is 2.11. The van der Waals surface area contributed by atoms with Crippen LogP contribution in [0.25, 0.3) is 0 Å². The normalized spacial score (nSPS) is 9.40. The van der Waals surface area contributed by atoms with Crippen molar-refractivity contribution in [2.75, 3.05) is 12.4 Å². The van der Waals surface area contributed by atoms with Crippen LogP contribution >= 0.6 is 0 Å². The molecule has 54 valence electrons. The van der Waals surface area contributed by atoms with Gasteiger partial charge in [0.1, 0.15) is 0 Å². The molecule has 0 aliphatic carbocycles. The Morgan fingerprint density at radius 1 is 1.50 bits per heavy atom. The lowest BCUT2D eigenvalue weighted by atomic mass is 10.3. The summed E-state index contributed by atoms with van der Waals surface area (Å²) in [6.45, 7) is 1.85. The number of hydrogen-bond donors (Lipinski definition) is 2. The molecule has 0 aliphatic rings. The molecule has 0 aromatic carbocycles. The minimum atomic E-state index is -0.0588. The summed E-state index contributed by atoms with van der Waals surface area (Å²) in [6, 6.07) is 3.26. The van der Waals surface area contributed by atoms with Gasteiger partial charge in [0.05, 0.1) is 5.69 Å². The molecule has 0 saturated heterocycles. The molecule has 0 amide bonds. The predicted molar refractivity (Wildman–Crippen MR) is 41.3 cm³/mol. The zero-order valence-electron chi connectivity index (χ0n) is 6.06. The zero-order valence-corrected chi connectivity index (χ0v) is 6.06. The maximum Gasteiger partial charge on any atom is 0.248 e. The van der Waals surface area contributed by atoms with Gasteiger partial charge in [-0.15, -0.1) is 0 Å². The summed E-state index contributed by atoms with van der Waals surface area (Å²) in [5.41, 5.74) is 1.77. The quantitative estimate of drug-likeness (QED) is 0.600. The van der Waals surface area contributed by atoms with Gasteiger partial charge >= 0.3 is 0 Å². The van der Waals surface area contributed by atoms with Crippen LogP contribution in [0.3, 0.4) is 0 Å². The summed E-state index contributed by atoms with van der Waals surface area (Å²) >= 11 is 0. The SMILES string of the molecule is CNc1ccc(=O)[nH]c1C. The maximum absolute atomic E-state index is 10.7. The number of hydrogen-bond acceptors (Lipinski definition) is 2. The first-order chi connectivity index (χ1) is 4.74. The summed E-state index contributed by atoms with van der Waals surface area (Å²) in [5, 5.41) is 2.95. The van der Waals surface area contributed by atoms with E-state index in [4.69, 9.17) is 0 Å². The highest BCUT2D eigenvalue weighted by atomic mass is 16.1. The van der Waals surface area contributed by atoms with Crippen LogP contribution in [0.5, 0.6) is 0 Å². The Morgan fingerprint density at radius 3 is 2.70 bits per heavy atom. The molecule has 0 bridgehead atoms. The van der Waals surface area contributed by atoms with Crippen LogP contribution in [0, 0.1) is 6.92 Å². The van der Waals surface area contributed by atoms with Crippen LogP contribution in [0.2, 0.25) is 0 Å². The van der Waals surface area contributed by atoms with Gasteiger partial charge in [-0.2, -0.15) is 0 Å². The lowest BCUT2D eigenvalue weighted by Crippen LogP contribution is -2.06. The van der Waals surface area contributed by atoms with Crippen LogP contribution in [0.4, 0.5) is 5.69 Å². The summed E-state index contributed by atoms with van der Waals surface area (Å²) in [5.74, 6) is 0. The smallest absolute Gasteiger partial charge is 0.248 e. The van der Waals surface area contributed by atoms with Crippen LogP contribution in [-0.4, -0.2) is 12.0 Å². The Labute approximate surface area is 59.1 Å². The second kappa shape index (κ2) is 2.56. The third-order valence-corrected chi connectivity index (χ3v) is 1.39. The summed E-state index contributed by atoms with van der Waals surface area (Å²) < 4.78 is 0. The third kappa shape index (κ3) is 1.18. The molecule has 1 heterocycles. The average Bonchev–Trinajstić information content (AvgIpc) is 1.88. The van der Waals surface area contributed by atoms with E-state index in [0.29, 0.717) is 0 Å². The third-order valence-electron chi connectivity index (χ3n) is 1.39. The summed E-state index contributed by atoms with van der Waals surface area (Å²) in [4.78, 5) is 13.3. The van der Waals surface area contributed by atoms with E-state index in [-0.39, 0.29) is 5.56 Å². The fourth-order valence-electron chi connectivity index (χ4n) is 0.849. The Morgan fingerprint density at radius 2 is 2.20 bits per heavy atom. The van der Waals surface area contributed by atoms with Crippen molar-refractivity contribution in [2.45, 2.75) is 6.92 Å². The topological polar surface area (TPSA) is 44.9 Å². The number of aromatic nitrogens is 1. The van der Waals surface area contributed by atoms with Gasteiger partial charge < -0.3 is 10.3 Å². The van der Waals surface area contributed by atoms with Crippen LogP contribution in [0.1, 0.15) is 5.69 Å². The van der Waals surface area contributed by atoms with Crippen molar-refractivity contribution in [3.8, 4) is 0 Å². The van der Waals surface area contributed by atoms with Crippen molar-refractivity contribution >= 4 is 5.69 Å². The molecule has 0 fully saturated rings. The first kappa shape index (κ1) is 6.86. The molecule has 3 heteroatoms. The van der Waals surface area contributed by atoms with Crippen molar-refractivity contribution in [3.05, 3.63) is 28.2 Å². The number of anilines is 1. The lowest BCUT2D eigenvalue weighted by molar-refractivity contribution is 1.14. The summed E-state index contributed by atoms with van der Waals surface area (Å²) in [7, 11) is 1.82. The van der Waals surface area contributed by atoms with Gasteiger partial charge in [-0.05, 0) is 13.0 Å². The molecule has 1 aromatic rings. The van der Waals surface area contributed by atoms with Gasteiger partial charge in [0.15, 0.2) is 0 Å². The van der Waals surface area contributed by atoms with Crippen molar-refractivity contribution < 1.29 is 0 Å². The number of H-pyrrole nitrogens is 1. The highest BCUT2D eigenvalue weighted by Crippen LogP contribution is 2.05. The molecule has 0 spiro atoms. The Bertz CT molecular complexity index is 277. The van der Waals surface area contributed by atoms with Crippen LogP contribution in [0.15, 0.2) is 16.9 Å². The van der Waals surface area contributed by atoms with E-state index in [1.54, 1.807) is 6.07 Å². The van der Waals surface area contributed by atoms with Gasteiger partial charge in [0.25, 0.3) is 0 Å². The molecule has 0 radical (unpaired) electrons. The molecule has 10 heavy (non-hydrogen) atoms. The minimum Gasteiger partial charge on any atom is -0.387 e. The van der Waals surface area contributed by atoms with Gasteiger partial charge in [-0.1, -0.05) is 0 Å². The Balaban J connectivity index is 3.19. The number of aromatic amines is 1. The van der Waals surface area contributed by atoms with Gasteiger partial charge in [0, 0.05) is 18.8 Å². The minimum absolute atomic E-state index is 0.0588. The fourth-order valence-corrected chi connectivity index (χ4v) is 0.849. The molecule has 0 aliphatic heterocycles. The fraction of sp³-hybridized carbons (Fsp3) is 0.286. The molecule has 3 nitrogen and oxygen atoms in total. The molecule has 2 N–H and O–H groups in total. The highest BCUT2D eigenvalue weighted by molar-refractivity contribution is 5.45. The lowest BCUT2D eigenvalue weighted by Gasteiger charge is -2.01. The van der Waals surface area contributed by atoms with E-state index in [9.17, 15) is 4.79 Å². The number of nitrogens with one attached hydrogen (secondary N) is 2. The highest BCUT2D eigenvalue weighted by Gasteiger charge is 1.92. The summed E-state index contributed by atoms with van der Waals surface area (Å²) in [6.07, 6.45) is 0. The van der Waals surface area contributed by atoms with Crippen LogP contribution < -0.4 is 10.9 Å². The molecule has 1 aromatic heterocycles. The predicted octanol–water partition coefficient (Wildman–Crippen LogP) is 0.725. The largest absolute Gasteiger partial charge is 0.387 e. The first-order valence-electron chi connectivity index (χ1n) is 3.11. The maximum atomic E-state index is 10.7. The molecular weight excluding hydrogens is 128 g/mol. The van der Waals surface area contributed by atoms with E-state index < -0.39 is 0 Å². The van der Waals surface area contributed by atoms with Gasteiger partial charge in [-0.3, -0.25) is 4.79 Å². The molecule has 1 rings (SSSR count). The van der Waals surface area contributed by atoms with E-state index in [1.165, 1.54) is 6.07 Å². The van der Waals surface area contributed by atoms with E-state index in [1.807, 2.05) is 14.0 Å². The van der Waals surface area contributed by atoms with Crippen molar-refractivity contribution in [2.24, 2.45) is 0 Å². The number of aryl methyl sites for hydroxylation is 1. The van der Waals surface area contributed by atoms with Crippen LogP contribution in [-0.2, 0) is 0 Å². The average molecular weight is 138 g/mol. The molecule has 0 saturated carbocycles. The standard InChI is InChI=1S/C7H10N2O/c1-5-6(8-2)3-4-7(10)9-5/h3-4,8H,1-2H3,(H,9,10). The van der Waals surface area contributed by atoms with Crippen molar-refractivity contribution in [1.29, 1.82) is 0 Å². The van der Waals surface area contributed by atoms with Gasteiger partial charge in [0.2, 0.25) is 5.56 Å².